The summed E-state index contributed by atoms with van der Waals surface area (Å²) in [7, 11) is 0. The molecule has 1 aliphatic rings. The van der Waals surface area contributed by atoms with Gasteiger partial charge in [-0.3, -0.25) is 0 Å². The maximum atomic E-state index is 5.21. The minimum Gasteiger partial charge on any atom is -0.344 e. The average Bonchev–Trinajstić information content (AvgIpc) is 3.69. The molecule has 1 atom stereocenters. The van der Waals surface area contributed by atoms with Crippen LogP contribution in [0.1, 0.15) is 22.9 Å². The van der Waals surface area contributed by atoms with E-state index in [0.29, 0.717) is 5.84 Å². The van der Waals surface area contributed by atoms with Gasteiger partial charge in [-0.15, -0.1) is 11.3 Å². The van der Waals surface area contributed by atoms with E-state index in [1.165, 1.54) is 47.5 Å². The van der Waals surface area contributed by atoms with Crippen LogP contribution in [-0.2, 0) is 0 Å². The summed E-state index contributed by atoms with van der Waals surface area (Å²) in [4.78, 5) is 15.5. The maximum absolute atomic E-state index is 5.21. The molecule has 0 aliphatic carbocycles. The van der Waals surface area contributed by atoms with Gasteiger partial charge in [0.1, 0.15) is 12.0 Å². The second-order valence-corrected chi connectivity index (χ2v) is 15.4. The van der Waals surface area contributed by atoms with Crippen LogP contribution in [0.5, 0.6) is 0 Å². The first-order valence-electron chi connectivity index (χ1n) is 19.2. The average molecular weight is 747 g/mol. The van der Waals surface area contributed by atoms with Crippen molar-refractivity contribution in [2.45, 2.75) is 6.17 Å². The molecule has 0 saturated heterocycles. The fourth-order valence-electron chi connectivity index (χ4n) is 8.18. The molecule has 8 aromatic carbocycles. The zero-order valence-electron chi connectivity index (χ0n) is 30.8. The molecule has 10 aromatic rings. The van der Waals surface area contributed by atoms with E-state index in [-0.39, 0.29) is 6.17 Å². The number of thiophene rings is 1. The molecule has 1 N–H and O–H groups in total. The Balaban J connectivity index is 1.02. The SMILES string of the molecule is c1ccc(C2=NC(c3ccc(-c4cccc5c4sc4ccc6c(-c7ccccc7)nc7ccccc7c6c45)cc3)=NC(c3cccc(-c4ccccc4)c3)N2)cc1. The maximum Gasteiger partial charge on any atom is 0.159 e. The summed E-state index contributed by atoms with van der Waals surface area (Å²) in [6.07, 6.45) is -0.299. The van der Waals surface area contributed by atoms with Crippen molar-refractivity contribution in [1.82, 2.24) is 10.3 Å². The van der Waals surface area contributed by atoms with E-state index < -0.39 is 0 Å². The number of nitrogens with one attached hydrogen (secondary N) is 1. The molecule has 1 unspecified atom stereocenters. The predicted octanol–water partition coefficient (Wildman–Crippen LogP) is 13.3. The molecule has 1 aliphatic heterocycles. The Hall–Kier alpha value is -7.21. The Kier molecular flexibility index (Phi) is 8.04. The number of fused-ring (bicyclic) bond motifs is 7. The van der Waals surface area contributed by atoms with Gasteiger partial charge in [-0.2, -0.15) is 0 Å². The van der Waals surface area contributed by atoms with Gasteiger partial charge in [0.15, 0.2) is 5.84 Å². The number of nitrogens with zero attached hydrogens (tertiary/aromatic N) is 3. The van der Waals surface area contributed by atoms with Crippen molar-refractivity contribution < 1.29 is 0 Å². The Labute approximate surface area is 334 Å². The predicted molar refractivity (Wildman–Crippen MR) is 240 cm³/mol. The van der Waals surface area contributed by atoms with Gasteiger partial charge < -0.3 is 5.32 Å². The number of benzene rings is 8. The molecule has 268 valence electrons. The van der Waals surface area contributed by atoms with E-state index in [1.54, 1.807) is 0 Å². The lowest BCUT2D eigenvalue weighted by Gasteiger charge is -2.24. The number of pyridine rings is 1. The Morgan fingerprint density at radius 1 is 0.456 bits per heavy atom. The van der Waals surface area contributed by atoms with Crippen molar-refractivity contribution in [3.63, 3.8) is 0 Å². The summed E-state index contributed by atoms with van der Waals surface area (Å²) >= 11 is 1.86. The number of aliphatic imine (C=N–C) groups is 2. The van der Waals surface area contributed by atoms with E-state index in [0.717, 1.165) is 50.4 Å². The van der Waals surface area contributed by atoms with Crippen molar-refractivity contribution in [2.75, 3.05) is 0 Å². The second kappa shape index (κ2) is 13.8. The third-order valence-electron chi connectivity index (χ3n) is 10.9. The largest absolute Gasteiger partial charge is 0.344 e. The number of amidine groups is 2. The molecular formula is C52H34N4S. The van der Waals surface area contributed by atoms with Crippen LogP contribution in [0.4, 0.5) is 0 Å². The van der Waals surface area contributed by atoms with Crippen molar-refractivity contribution in [2.24, 2.45) is 9.98 Å². The number of hydrogen-bond donors (Lipinski definition) is 1. The van der Waals surface area contributed by atoms with Gasteiger partial charge in [0.05, 0.1) is 11.2 Å². The standard InChI is InChI=1S/C52H34N4S/c1-4-14-33(15-5-1)38-20-12-21-39(32-38)52-55-50(36-18-8-3-9-19-36)54-51(56-52)37-28-26-34(27-29-37)40-23-13-24-43-47-45(57-49(40)43)31-30-42-46(47)41-22-10-11-25-44(41)53-48(42)35-16-6-2-7-17-35/h1-32,52H,(H,54,55,56). The van der Waals surface area contributed by atoms with Gasteiger partial charge in [0, 0.05) is 53.0 Å². The molecule has 3 heterocycles. The van der Waals surface area contributed by atoms with Gasteiger partial charge in [-0.1, -0.05) is 176 Å². The highest BCUT2D eigenvalue weighted by Crippen LogP contribution is 2.46. The summed E-state index contributed by atoms with van der Waals surface area (Å²) in [5, 5.41) is 9.79. The van der Waals surface area contributed by atoms with Crippen LogP contribution >= 0.6 is 11.3 Å². The van der Waals surface area contributed by atoms with Gasteiger partial charge in [0.25, 0.3) is 0 Å². The van der Waals surface area contributed by atoms with Crippen LogP contribution in [0.25, 0.3) is 75.4 Å². The quantitative estimate of drug-likeness (QED) is 0.172. The molecule has 0 amide bonds. The molecule has 2 aromatic heterocycles. The lowest BCUT2D eigenvalue weighted by molar-refractivity contribution is 0.674. The van der Waals surface area contributed by atoms with Crippen LogP contribution in [0, 0.1) is 0 Å². The first-order chi connectivity index (χ1) is 28.2. The van der Waals surface area contributed by atoms with E-state index >= 15 is 0 Å². The van der Waals surface area contributed by atoms with Crippen molar-refractivity contribution >= 4 is 64.9 Å². The highest BCUT2D eigenvalue weighted by Gasteiger charge is 2.22. The first kappa shape index (κ1) is 33.2. The number of rotatable bonds is 6. The summed E-state index contributed by atoms with van der Waals surface area (Å²) in [5.74, 6) is 1.51. The van der Waals surface area contributed by atoms with Crippen LogP contribution in [0.3, 0.4) is 0 Å². The Morgan fingerprint density at radius 2 is 1.11 bits per heavy atom. The van der Waals surface area contributed by atoms with Crippen molar-refractivity contribution in [1.29, 1.82) is 0 Å². The molecule has 57 heavy (non-hydrogen) atoms. The highest BCUT2D eigenvalue weighted by molar-refractivity contribution is 7.26. The van der Waals surface area contributed by atoms with E-state index in [4.69, 9.17) is 15.0 Å². The lowest BCUT2D eigenvalue weighted by atomic mass is 9.95. The Morgan fingerprint density at radius 3 is 1.89 bits per heavy atom. The smallest absolute Gasteiger partial charge is 0.159 e. The summed E-state index contributed by atoms with van der Waals surface area (Å²) in [5.41, 5.74) is 10.9. The first-order valence-corrected chi connectivity index (χ1v) is 20.0. The minimum atomic E-state index is -0.299. The summed E-state index contributed by atoms with van der Waals surface area (Å²) < 4.78 is 2.54. The molecular weight excluding hydrogens is 713 g/mol. The monoisotopic (exact) mass is 746 g/mol. The second-order valence-electron chi connectivity index (χ2n) is 14.4. The molecule has 0 fully saturated rings. The molecule has 0 saturated carbocycles. The van der Waals surface area contributed by atoms with Crippen molar-refractivity contribution in [3.8, 4) is 33.5 Å². The Bertz CT molecular complexity index is 3190. The van der Waals surface area contributed by atoms with Gasteiger partial charge >= 0.3 is 0 Å². The minimum absolute atomic E-state index is 0.299. The summed E-state index contributed by atoms with van der Waals surface area (Å²) in [6.45, 7) is 0. The molecule has 0 radical (unpaired) electrons. The fourth-order valence-corrected chi connectivity index (χ4v) is 9.43. The van der Waals surface area contributed by atoms with Gasteiger partial charge in [0.2, 0.25) is 0 Å². The molecule has 0 bridgehead atoms. The third-order valence-corrected chi connectivity index (χ3v) is 12.1. The number of hydrogen-bond acceptors (Lipinski definition) is 5. The topological polar surface area (TPSA) is 49.6 Å². The van der Waals surface area contributed by atoms with Gasteiger partial charge in [-0.25, -0.2) is 15.0 Å². The molecule has 11 rings (SSSR count). The van der Waals surface area contributed by atoms with E-state index in [2.05, 4.69) is 175 Å². The highest BCUT2D eigenvalue weighted by atomic mass is 32.1. The molecule has 5 heteroatoms. The lowest BCUT2D eigenvalue weighted by Crippen LogP contribution is -2.33. The van der Waals surface area contributed by atoms with Crippen LogP contribution < -0.4 is 5.32 Å². The third kappa shape index (κ3) is 5.88. The van der Waals surface area contributed by atoms with Crippen LogP contribution in [-0.4, -0.2) is 16.7 Å². The normalized spacial score (nSPS) is 14.1. The van der Waals surface area contributed by atoms with E-state index in [1.807, 2.05) is 35.6 Å². The van der Waals surface area contributed by atoms with Crippen molar-refractivity contribution in [3.05, 3.63) is 211 Å². The molecule has 4 nitrogen and oxygen atoms in total. The van der Waals surface area contributed by atoms with Crippen LogP contribution in [0.2, 0.25) is 0 Å². The zero-order chi connectivity index (χ0) is 37.7. The zero-order valence-corrected chi connectivity index (χ0v) is 31.6. The number of para-hydroxylation sites is 1. The van der Waals surface area contributed by atoms with Crippen LogP contribution in [0.15, 0.2) is 204 Å². The fraction of sp³-hybridized carbons (Fsp3) is 0.0192. The molecule has 0 spiro atoms. The number of aromatic nitrogens is 1. The summed E-state index contributed by atoms with van der Waals surface area (Å²) in [6, 6.07) is 68.5. The van der Waals surface area contributed by atoms with Gasteiger partial charge in [-0.05, 0) is 46.0 Å². The van der Waals surface area contributed by atoms with E-state index in [9.17, 15) is 0 Å².